The van der Waals surface area contributed by atoms with Gasteiger partial charge in [0.05, 0.1) is 24.7 Å². The number of esters is 2. The summed E-state index contributed by atoms with van der Waals surface area (Å²) in [4.78, 5) is 22.3. The Hall–Kier alpha value is -0.710. The molecule has 0 aromatic carbocycles. The molecule has 0 aromatic heterocycles. The summed E-state index contributed by atoms with van der Waals surface area (Å²) in [7, 11) is 0. The molecule has 0 spiro atoms. The van der Waals surface area contributed by atoms with Crippen LogP contribution in [0.25, 0.3) is 0 Å². The average molecular weight is 262 g/mol. The quantitative estimate of drug-likeness (QED) is 0.447. The highest BCUT2D eigenvalue weighted by molar-refractivity contribution is 8.00. The molecule has 0 N–H and O–H groups in total. The van der Waals surface area contributed by atoms with Gasteiger partial charge in [-0.25, -0.2) is 0 Å². The minimum Gasteiger partial charge on any atom is -0.465 e. The van der Waals surface area contributed by atoms with Crippen molar-refractivity contribution < 1.29 is 19.1 Å². The fourth-order valence-corrected chi connectivity index (χ4v) is 1.56. The first-order chi connectivity index (χ1) is 8.20. The first-order valence-corrected chi connectivity index (χ1v) is 7.25. The molecule has 0 atom stereocenters. The van der Waals surface area contributed by atoms with Crippen LogP contribution in [0.15, 0.2) is 0 Å². The third-order valence-corrected chi connectivity index (χ3v) is 2.84. The summed E-state index contributed by atoms with van der Waals surface area (Å²) in [6, 6.07) is 0. The monoisotopic (exact) mass is 262 g/mol. The lowest BCUT2D eigenvalue weighted by Gasteiger charge is -2.04. The van der Waals surface area contributed by atoms with E-state index in [0.717, 1.165) is 25.7 Å². The molecule has 0 bridgehead atoms. The highest BCUT2D eigenvalue weighted by Gasteiger charge is 2.07. The summed E-state index contributed by atoms with van der Waals surface area (Å²) in [5.41, 5.74) is 0. The zero-order valence-electron chi connectivity index (χ0n) is 10.7. The van der Waals surface area contributed by atoms with Crippen LogP contribution in [0.2, 0.25) is 0 Å². The number of unbranched alkanes of at least 4 members (excludes halogenated alkanes) is 2. The van der Waals surface area contributed by atoms with Crippen molar-refractivity contribution in [3.63, 3.8) is 0 Å². The second-order valence-corrected chi connectivity index (χ2v) is 4.63. The molecule has 0 aliphatic carbocycles. The third-order valence-electron chi connectivity index (χ3n) is 1.96. The molecule has 0 radical (unpaired) electrons. The molecule has 0 aromatic rings. The first kappa shape index (κ1) is 16.3. The number of carbonyl (C=O) groups is 2. The number of thioether (sulfide) groups is 1. The van der Waals surface area contributed by atoms with E-state index in [9.17, 15) is 9.59 Å². The van der Waals surface area contributed by atoms with Crippen molar-refractivity contribution in [1.29, 1.82) is 0 Å². The summed E-state index contributed by atoms with van der Waals surface area (Å²) in [6.45, 7) is 5.01. The molecular formula is C12H22O4S. The topological polar surface area (TPSA) is 52.6 Å². The summed E-state index contributed by atoms with van der Waals surface area (Å²) < 4.78 is 9.90. The zero-order chi connectivity index (χ0) is 12.9. The van der Waals surface area contributed by atoms with E-state index < -0.39 is 0 Å². The molecule has 0 heterocycles. The molecule has 5 heteroatoms. The van der Waals surface area contributed by atoms with Gasteiger partial charge in [0.2, 0.25) is 0 Å². The zero-order valence-corrected chi connectivity index (χ0v) is 11.5. The third kappa shape index (κ3) is 11.6. The maximum absolute atomic E-state index is 11.2. The lowest BCUT2D eigenvalue weighted by molar-refractivity contribution is -0.140. The highest BCUT2D eigenvalue weighted by atomic mass is 32.2. The van der Waals surface area contributed by atoms with Gasteiger partial charge >= 0.3 is 11.9 Å². The molecular weight excluding hydrogens is 240 g/mol. The van der Waals surface area contributed by atoms with Gasteiger partial charge in [0, 0.05) is 0 Å². The maximum Gasteiger partial charge on any atom is 0.315 e. The Morgan fingerprint density at radius 2 is 1.29 bits per heavy atom. The van der Waals surface area contributed by atoms with Gasteiger partial charge in [0.25, 0.3) is 0 Å². The normalized spacial score (nSPS) is 10.0. The van der Waals surface area contributed by atoms with Crippen LogP contribution in [0.3, 0.4) is 0 Å². The Morgan fingerprint density at radius 3 is 1.65 bits per heavy atom. The Bertz CT molecular complexity index is 197. The van der Waals surface area contributed by atoms with Crippen molar-refractivity contribution >= 4 is 23.7 Å². The maximum atomic E-state index is 11.2. The molecule has 0 aliphatic heterocycles. The molecule has 17 heavy (non-hydrogen) atoms. The van der Waals surface area contributed by atoms with E-state index in [1.807, 2.05) is 13.8 Å². The van der Waals surface area contributed by atoms with Gasteiger partial charge in [0.15, 0.2) is 0 Å². The van der Waals surface area contributed by atoms with E-state index in [-0.39, 0.29) is 23.4 Å². The average Bonchev–Trinajstić information content (AvgIpc) is 2.30. The van der Waals surface area contributed by atoms with Crippen LogP contribution in [-0.4, -0.2) is 36.7 Å². The van der Waals surface area contributed by atoms with Gasteiger partial charge in [-0.3, -0.25) is 9.59 Å². The van der Waals surface area contributed by atoms with E-state index in [1.165, 1.54) is 11.8 Å². The van der Waals surface area contributed by atoms with Crippen LogP contribution in [0.1, 0.15) is 39.5 Å². The van der Waals surface area contributed by atoms with Crippen LogP contribution in [0.5, 0.6) is 0 Å². The number of hydrogen-bond donors (Lipinski definition) is 0. The predicted molar refractivity (Wildman–Crippen MR) is 69.1 cm³/mol. The van der Waals surface area contributed by atoms with E-state index >= 15 is 0 Å². The Labute approximate surface area is 107 Å². The lowest BCUT2D eigenvalue weighted by Crippen LogP contribution is -2.12. The van der Waals surface area contributed by atoms with Crippen molar-refractivity contribution in [3.8, 4) is 0 Å². The van der Waals surface area contributed by atoms with Crippen LogP contribution < -0.4 is 0 Å². The van der Waals surface area contributed by atoms with Crippen molar-refractivity contribution in [3.05, 3.63) is 0 Å². The van der Waals surface area contributed by atoms with Gasteiger partial charge in [-0.1, -0.05) is 26.7 Å². The second-order valence-electron chi connectivity index (χ2n) is 3.64. The SMILES string of the molecule is CCCCOC(=O)CSCC(=O)OCCCC. The molecule has 4 nitrogen and oxygen atoms in total. The van der Waals surface area contributed by atoms with Crippen molar-refractivity contribution in [2.75, 3.05) is 24.7 Å². The number of carbonyl (C=O) groups excluding carboxylic acids is 2. The first-order valence-electron chi connectivity index (χ1n) is 6.09. The van der Waals surface area contributed by atoms with Gasteiger partial charge in [-0.15, -0.1) is 11.8 Å². The molecule has 0 rings (SSSR count). The molecule has 0 saturated heterocycles. The molecule has 0 unspecified atom stereocenters. The van der Waals surface area contributed by atoms with Gasteiger partial charge in [-0.2, -0.15) is 0 Å². The molecule has 0 amide bonds. The summed E-state index contributed by atoms with van der Waals surface area (Å²) in [6.07, 6.45) is 3.78. The number of rotatable bonds is 10. The molecule has 100 valence electrons. The highest BCUT2D eigenvalue weighted by Crippen LogP contribution is 2.03. The summed E-state index contributed by atoms with van der Waals surface area (Å²) >= 11 is 1.24. The Morgan fingerprint density at radius 1 is 0.882 bits per heavy atom. The van der Waals surface area contributed by atoms with E-state index in [2.05, 4.69) is 0 Å². The van der Waals surface area contributed by atoms with E-state index in [4.69, 9.17) is 9.47 Å². The van der Waals surface area contributed by atoms with Crippen molar-refractivity contribution in [2.24, 2.45) is 0 Å². The van der Waals surface area contributed by atoms with Gasteiger partial charge in [0.1, 0.15) is 0 Å². The van der Waals surface area contributed by atoms with Crippen molar-refractivity contribution in [1.82, 2.24) is 0 Å². The summed E-state index contributed by atoms with van der Waals surface area (Å²) in [5.74, 6) is -0.0891. The lowest BCUT2D eigenvalue weighted by atomic mass is 10.4. The fourth-order valence-electron chi connectivity index (χ4n) is 0.962. The van der Waals surface area contributed by atoms with Gasteiger partial charge < -0.3 is 9.47 Å². The fraction of sp³-hybridized carbons (Fsp3) is 0.833. The Balaban J connectivity index is 3.36. The molecule has 0 saturated carbocycles. The van der Waals surface area contributed by atoms with Crippen LogP contribution in [-0.2, 0) is 19.1 Å². The Kier molecular flexibility index (Phi) is 11.3. The van der Waals surface area contributed by atoms with Gasteiger partial charge in [-0.05, 0) is 12.8 Å². The predicted octanol–water partition coefficient (Wildman–Crippen LogP) is 2.41. The largest absolute Gasteiger partial charge is 0.465 e. The van der Waals surface area contributed by atoms with E-state index in [0.29, 0.717) is 13.2 Å². The van der Waals surface area contributed by atoms with Crippen molar-refractivity contribution in [2.45, 2.75) is 39.5 Å². The standard InChI is InChI=1S/C12H22O4S/c1-3-5-7-15-11(13)9-17-10-12(14)16-8-6-4-2/h3-10H2,1-2H3. The number of hydrogen-bond acceptors (Lipinski definition) is 5. The van der Waals surface area contributed by atoms with Crippen LogP contribution >= 0.6 is 11.8 Å². The minimum atomic E-state index is -0.259. The number of ether oxygens (including phenoxy) is 2. The molecule has 0 fully saturated rings. The second kappa shape index (κ2) is 11.8. The van der Waals surface area contributed by atoms with Crippen LogP contribution in [0, 0.1) is 0 Å². The smallest absolute Gasteiger partial charge is 0.315 e. The molecule has 0 aliphatic rings. The minimum absolute atomic E-state index is 0.215. The van der Waals surface area contributed by atoms with E-state index in [1.54, 1.807) is 0 Å². The summed E-state index contributed by atoms with van der Waals surface area (Å²) in [5, 5.41) is 0. The van der Waals surface area contributed by atoms with Crippen LogP contribution in [0.4, 0.5) is 0 Å².